The highest BCUT2D eigenvalue weighted by atomic mass is 16.6. The van der Waals surface area contributed by atoms with Gasteiger partial charge < -0.3 is 25.8 Å². The Morgan fingerprint density at radius 1 is 0.695 bits per heavy atom. The summed E-state index contributed by atoms with van der Waals surface area (Å²) in [7, 11) is 3.52. The van der Waals surface area contributed by atoms with Crippen LogP contribution in [0.15, 0.2) is 0 Å². The van der Waals surface area contributed by atoms with Crippen LogP contribution in [0.2, 0.25) is 0 Å². The average Bonchev–Trinajstić information content (AvgIpc) is 3.62. The predicted molar refractivity (Wildman–Crippen MR) is 251 cm³/mol. The third kappa shape index (κ3) is 10.7. The van der Waals surface area contributed by atoms with Crippen molar-refractivity contribution in [2.75, 3.05) is 14.1 Å². The van der Waals surface area contributed by atoms with Crippen molar-refractivity contribution in [2.45, 2.75) is 231 Å². The summed E-state index contributed by atoms with van der Waals surface area (Å²) in [5.74, 6) is 8.37. The minimum atomic E-state index is -0.421. The molecular weight excluding hydrogens is 731 g/mol. The van der Waals surface area contributed by atoms with Crippen molar-refractivity contribution in [3.63, 3.8) is 0 Å². The van der Waals surface area contributed by atoms with E-state index >= 15 is 0 Å². The van der Waals surface area contributed by atoms with E-state index in [0.717, 1.165) is 47.3 Å². The van der Waals surface area contributed by atoms with Crippen LogP contribution in [0.5, 0.6) is 0 Å². The van der Waals surface area contributed by atoms with Gasteiger partial charge >= 0.3 is 12.2 Å². The Morgan fingerprint density at radius 3 is 1.78 bits per heavy atom. The van der Waals surface area contributed by atoms with Gasteiger partial charge in [0.25, 0.3) is 0 Å². The highest BCUT2D eigenvalue weighted by Crippen LogP contribution is 2.86. The average molecular weight is 832 g/mol. The molecule has 0 saturated heterocycles. The Bertz CT molecular complexity index is 1320. The van der Waals surface area contributed by atoms with Gasteiger partial charge in [0.15, 0.2) is 0 Å². The van der Waals surface area contributed by atoms with E-state index < -0.39 is 5.60 Å². The van der Waals surface area contributed by atoms with Gasteiger partial charge in [-0.2, -0.15) is 0 Å². The number of alkyl carbamates (subject to hydrolysis) is 1. The van der Waals surface area contributed by atoms with Gasteiger partial charge in [-0.1, -0.05) is 102 Å². The van der Waals surface area contributed by atoms with Crippen molar-refractivity contribution in [1.29, 1.82) is 0 Å². The molecule has 0 heterocycles. The van der Waals surface area contributed by atoms with E-state index in [1.165, 1.54) is 103 Å². The van der Waals surface area contributed by atoms with E-state index in [4.69, 9.17) is 9.47 Å². The van der Waals surface area contributed by atoms with E-state index in [2.05, 4.69) is 53.8 Å². The first kappa shape index (κ1) is 53.6. The third-order valence-electron chi connectivity index (χ3n) is 18.1. The molecule has 7 saturated carbocycles. The van der Waals surface area contributed by atoms with Crippen LogP contribution < -0.4 is 11.5 Å². The second-order valence-electron chi connectivity index (χ2n) is 22.6. The molecule has 0 bridgehead atoms. The maximum atomic E-state index is 12.8. The van der Waals surface area contributed by atoms with Gasteiger partial charge in [0.05, 0.1) is 0 Å². The Hall–Kier alpha value is -1.50. The Kier molecular flexibility index (Phi) is 18.9. The first-order valence-corrected chi connectivity index (χ1v) is 24.9. The molecule has 59 heavy (non-hydrogen) atoms. The van der Waals surface area contributed by atoms with Gasteiger partial charge in [-0.15, -0.1) is 0 Å². The van der Waals surface area contributed by atoms with Crippen LogP contribution >= 0.6 is 0 Å². The maximum absolute atomic E-state index is 12.8. The first-order valence-electron chi connectivity index (χ1n) is 24.9. The number of hydrogen-bond donors (Lipinski definition) is 2. The Balaban J connectivity index is 0.000000356. The lowest BCUT2D eigenvalue weighted by Crippen LogP contribution is -2.54. The molecule has 348 valence electrons. The topological polar surface area (TPSA) is 103 Å². The minimum Gasteiger partial charge on any atom is -0.444 e. The quantitative estimate of drug-likeness (QED) is 0.295. The molecule has 7 nitrogen and oxygen atoms in total. The lowest BCUT2D eigenvalue weighted by Gasteiger charge is -2.57. The Morgan fingerprint density at radius 2 is 1.25 bits per heavy atom. The zero-order valence-corrected chi connectivity index (χ0v) is 42.7. The molecule has 14 atom stereocenters. The molecule has 7 fully saturated rings. The van der Waals surface area contributed by atoms with Gasteiger partial charge in [-0.25, -0.2) is 9.59 Å². The maximum Gasteiger partial charge on any atom is 0.410 e. The van der Waals surface area contributed by atoms with Crippen LogP contribution in [0, 0.1) is 74.9 Å². The second-order valence-corrected chi connectivity index (χ2v) is 22.6. The summed E-state index contributed by atoms with van der Waals surface area (Å²) in [4.78, 5) is 25.2. The lowest BCUT2D eigenvalue weighted by atomic mass is 9.48. The fourth-order valence-corrected chi connectivity index (χ4v) is 15.1. The molecular formula is C52H101N3O4. The predicted octanol–water partition coefficient (Wildman–Crippen LogP) is 15.1. The van der Waals surface area contributed by atoms with Crippen molar-refractivity contribution in [1.82, 2.24) is 16.4 Å². The fraction of sp³-hybridized carbons (Fsp3) is 0.962. The molecule has 7 aliphatic rings. The van der Waals surface area contributed by atoms with E-state index in [0.29, 0.717) is 33.6 Å². The number of nitrogens with one attached hydrogen (secondary N) is 1. The SMILES string of the molecule is CC.CC.CCC1CCC2C3CCC4C(C)C(N(C)C(=O)OC(C)(C)C)CCC45CC35CCC12C.CCC1CCCC2(C)C(C)C(C)CC12.CNC(=O)OC(C)(C)C.N. The van der Waals surface area contributed by atoms with E-state index in [9.17, 15) is 9.59 Å². The molecule has 7 rings (SSSR count). The van der Waals surface area contributed by atoms with Gasteiger partial charge in [0, 0.05) is 20.1 Å². The zero-order valence-electron chi connectivity index (χ0n) is 42.7. The smallest absolute Gasteiger partial charge is 0.410 e. The molecule has 0 aromatic heterocycles. The van der Waals surface area contributed by atoms with Gasteiger partial charge in [-0.3, -0.25) is 0 Å². The number of carbonyl (C=O) groups is 2. The zero-order chi connectivity index (χ0) is 44.2. The van der Waals surface area contributed by atoms with Crippen molar-refractivity contribution in [3.05, 3.63) is 0 Å². The number of hydrogen-bond acceptors (Lipinski definition) is 5. The van der Waals surface area contributed by atoms with Gasteiger partial charge in [-0.05, 0) is 187 Å². The molecule has 4 N–H and O–H groups in total. The molecule has 0 aromatic carbocycles. The van der Waals surface area contributed by atoms with Crippen LogP contribution in [0.3, 0.4) is 0 Å². The molecule has 0 radical (unpaired) electrons. The molecule has 0 aliphatic heterocycles. The van der Waals surface area contributed by atoms with E-state index in [-0.39, 0.29) is 23.9 Å². The van der Waals surface area contributed by atoms with Gasteiger partial charge in [0.2, 0.25) is 0 Å². The first-order chi connectivity index (χ1) is 27.0. The molecule has 7 heteroatoms. The standard InChI is InChI=1S/C28H47NO2.C14H26.C6H13NO2.2C2H6.H3N/c1-8-19-9-10-21-22-12-11-20-18(2)23(29(7)24(30)31-25(3,4)5)13-14-27(20)17-28(22,27)16-15-26(19,21)6;1-5-12-7-6-8-14(4)11(3)10(2)9-13(12)14;1-6(2,3)9-5(8)7-4;2*1-2;/h18-23H,8-17H2,1-7H3;10-13H,5-9H2,1-4H3;1-4H3,(H,7,8);2*1-2H3;1H3. The van der Waals surface area contributed by atoms with Crippen LogP contribution in [-0.2, 0) is 9.47 Å². The fourth-order valence-electron chi connectivity index (χ4n) is 15.1. The number of fused-ring (bicyclic) bond motifs is 3. The molecule has 2 amide bonds. The number of ether oxygens (including phenoxy) is 2. The minimum absolute atomic E-state index is 0. The number of carbonyl (C=O) groups excluding carboxylic acids is 2. The molecule has 2 spiro atoms. The normalized spacial score (nSPS) is 41.0. The van der Waals surface area contributed by atoms with E-state index in [1.54, 1.807) is 0 Å². The largest absolute Gasteiger partial charge is 0.444 e. The number of amides is 2. The monoisotopic (exact) mass is 832 g/mol. The number of nitrogens with zero attached hydrogens (tertiary/aromatic N) is 1. The van der Waals surface area contributed by atoms with Crippen molar-refractivity contribution >= 4 is 12.2 Å². The van der Waals surface area contributed by atoms with E-state index in [1.807, 2.05) is 81.2 Å². The lowest BCUT2D eigenvalue weighted by molar-refractivity contribution is -0.0879. The van der Waals surface area contributed by atoms with Crippen molar-refractivity contribution < 1.29 is 19.1 Å². The summed E-state index contributed by atoms with van der Waals surface area (Å²) in [5.41, 5.74) is 1.77. The summed E-state index contributed by atoms with van der Waals surface area (Å²) in [6, 6.07) is 0.337. The summed E-state index contributed by atoms with van der Waals surface area (Å²) < 4.78 is 10.6. The van der Waals surface area contributed by atoms with Crippen molar-refractivity contribution in [3.8, 4) is 0 Å². The third-order valence-corrected chi connectivity index (χ3v) is 18.1. The summed E-state index contributed by atoms with van der Waals surface area (Å²) in [5, 5.41) is 2.36. The highest BCUT2D eigenvalue weighted by Gasteiger charge is 2.79. The second kappa shape index (κ2) is 20.8. The van der Waals surface area contributed by atoms with Crippen LogP contribution in [0.25, 0.3) is 0 Å². The van der Waals surface area contributed by atoms with Crippen molar-refractivity contribution in [2.24, 2.45) is 74.9 Å². The molecule has 14 unspecified atom stereocenters. The summed E-state index contributed by atoms with van der Waals surface area (Å²) >= 11 is 0. The summed E-state index contributed by atoms with van der Waals surface area (Å²) in [6.07, 6.45) is 21.1. The highest BCUT2D eigenvalue weighted by molar-refractivity contribution is 5.68. The molecule has 7 aliphatic carbocycles. The van der Waals surface area contributed by atoms with Gasteiger partial charge in [0.1, 0.15) is 11.2 Å². The Labute approximate surface area is 366 Å². The number of rotatable bonds is 3. The van der Waals surface area contributed by atoms with Crippen LogP contribution in [0.4, 0.5) is 9.59 Å². The van der Waals surface area contributed by atoms with Crippen LogP contribution in [0.1, 0.15) is 214 Å². The van der Waals surface area contributed by atoms with Crippen LogP contribution in [-0.4, -0.2) is 48.4 Å². The summed E-state index contributed by atoms with van der Waals surface area (Å²) in [6.45, 7) is 36.9. The molecule has 0 aromatic rings.